The quantitative estimate of drug-likeness (QED) is 0.395. The fourth-order valence-corrected chi connectivity index (χ4v) is 3.55. The van der Waals surface area contributed by atoms with Gasteiger partial charge in [0.15, 0.2) is 17.1 Å². The maximum atomic E-state index is 9.71. The molecule has 0 aliphatic carbocycles. The highest BCUT2D eigenvalue weighted by molar-refractivity contribution is 6.14. The van der Waals surface area contributed by atoms with Gasteiger partial charge in [0.1, 0.15) is 19.0 Å². The molecule has 0 fully saturated rings. The molecule has 4 rings (SSSR count). The molecule has 0 saturated carbocycles. The summed E-state index contributed by atoms with van der Waals surface area (Å²) in [6, 6.07) is 9.00. The largest absolute Gasteiger partial charge is 0.508 e. The molecule has 162 valence electrons. The van der Waals surface area contributed by atoms with E-state index in [1.165, 1.54) is 0 Å². The Morgan fingerprint density at radius 1 is 0.903 bits per heavy atom. The molecule has 0 atom stereocenters. The number of aromatic amines is 1. The molecule has 4 aromatic rings. The first-order valence-electron chi connectivity index (χ1n) is 9.97. The number of phenolic OH excluding ortho intramolecular Hbond substituents is 1. The summed E-state index contributed by atoms with van der Waals surface area (Å²) < 4.78 is 22.6. The molecule has 0 bridgehead atoms. The predicted octanol–water partition coefficient (Wildman–Crippen LogP) is 3.84. The third kappa shape index (κ3) is 4.12. The van der Waals surface area contributed by atoms with Gasteiger partial charge in [-0.15, -0.1) is 0 Å². The summed E-state index contributed by atoms with van der Waals surface area (Å²) in [4.78, 5) is 4.81. The molecule has 0 unspecified atom stereocenters. The van der Waals surface area contributed by atoms with Gasteiger partial charge < -0.3 is 24.1 Å². The van der Waals surface area contributed by atoms with Gasteiger partial charge in [-0.25, -0.2) is 4.98 Å². The number of methoxy groups -OCH3 is 2. The SMILES string of the molecule is COCCOc1c(C)cc2c(-c3ccc(O)cc3)nc3[nH]ncc3c2c1OCCOC. The van der Waals surface area contributed by atoms with Crippen LogP contribution in [-0.2, 0) is 9.47 Å². The minimum atomic E-state index is 0.198. The Kier molecular flexibility index (Phi) is 6.20. The van der Waals surface area contributed by atoms with Crippen LogP contribution in [0.15, 0.2) is 36.5 Å². The van der Waals surface area contributed by atoms with Crippen LogP contribution in [0.5, 0.6) is 17.2 Å². The minimum absolute atomic E-state index is 0.198. The normalized spacial score (nSPS) is 11.3. The van der Waals surface area contributed by atoms with E-state index in [4.69, 9.17) is 23.9 Å². The molecule has 0 saturated heterocycles. The van der Waals surface area contributed by atoms with Crippen molar-refractivity contribution in [1.29, 1.82) is 0 Å². The van der Waals surface area contributed by atoms with Gasteiger partial charge in [-0.3, -0.25) is 5.10 Å². The zero-order valence-corrected chi connectivity index (χ0v) is 17.8. The van der Waals surface area contributed by atoms with E-state index in [0.717, 1.165) is 33.0 Å². The van der Waals surface area contributed by atoms with Crippen LogP contribution < -0.4 is 9.47 Å². The molecule has 2 heterocycles. The summed E-state index contributed by atoms with van der Waals surface area (Å²) in [5.74, 6) is 1.48. The molecule has 8 heteroatoms. The van der Waals surface area contributed by atoms with Crippen molar-refractivity contribution in [3.05, 3.63) is 42.1 Å². The molecule has 8 nitrogen and oxygen atoms in total. The van der Waals surface area contributed by atoms with E-state index < -0.39 is 0 Å². The number of nitrogens with one attached hydrogen (secondary N) is 1. The number of aromatic nitrogens is 3. The van der Waals surface area contributed by atoms with Gasteiger partial charge in [0, 0.05) is 30.6 Å². The lowest BCUT2D eigenvalue weighted by Crippen LogP contribution is -2.10. The number of ether oxygens (including phenoxy) is 4. The highest BCUT2D eigenvalue weighted by atomic mass is 16.5. The average Bonchev–Trinajstić information content (AvgIpc) is 3.24. The Balaban J connectivity index is 1.99. The van der Waals surface area contributed by atoms with Crippen molar-refractivity contribution in [3.63, 3.8) is 0 Å². The Morgan fingerprint density at radius 2 is 1.58 bits per heavy atom. The lowest BCUT2D eigenvalue weighted by Gasteiger charge is -2.19. The van der Waals surface area contributed by atoms with E-state index in [2.05, 4.69) is 10.2 Å². The number of nitrogens with zero attached hydrogens (tertiary/aromatic N) is 2. The molecule has 2 N–H and O–H groups in total. The molecule has 31 heavy (non-hydrogen) atoms. The molecule has 0 aliphatic heterocycles. The highest BCUT2D eigenvalue weighted by Gasteiger charge is 2.21. The van der Waals surface area contributed by atoms with Gasteiger partial charge in [0.05, 0.1) is 30.5 Å². The van der Waals surface area contributed by atoms with E-state index in [1.54, 1.807) is 32.5 Å². The van der Waals surface area contributed by atoms with E-state index in [9.17, 15) is 5.11 Å². The van der Waals surface area contributed by atoms with Crippen LogP contribution in [0.25, 0.3) is 33.1 Å². The summed E-state index contributed by atoms with van der Waals surface area (Å²) in [6.45, 7) is 3.65. The van der Waals surface area contributed by atoms with Crippen LogP contribution in [0.2, 0.25) is 0 Å². The predicted molar refractivity (Wildman–Crippen MR) is 118 cm³/mol. The minimum Gasteiger partial charge on any atom is -0.508 e. The number of fused-ring (bicyclic) bond motifs is 3. The van der Waals surface area contributed by atoms with Gasteiger partial charge in [0.2, 0.25) is 0 Å². The monoisotopic (exact) mass is 423 g/mol. The van der Waals surface area contributed by atoms with Gasteiger partial charge in [-0.1, -0.05) is 0 Å². The molecule has 0 radical (unpaired) electrons. The van der Waals surface area contributed by atoms with Crippen LogP contribution in [0.3, 0.4) is 0 Å². The Labute approximate surface area is 179 Å². The van der Waals surface area contributed by atoms with Crippen LogP contribution in [0.1, 0.15) is 5.56 Å². The lowest BCUT2D eigenvalue weighted by molar-refractivity contribution is 0.133. The first-order valence-corrected chi connectivity index (χ1v) is 9.97. The molecule has 2 aromatic carbocycles. The molecular weight excluding hydrogens is 398 g/mol. The first-order chi connectivity index (χ1) is 15.1. The zero-order chi connectivity index (χ0) is 21.8. The first kappa shape index (κ1) is 20.9. The van der Waals surface area contributed by atoms with Gasteiger partial charge in [-0.2, -0.15) is 5.10 Å². The van der Waals surface area contributed by atoms with E-state index in [1.807, 2.05) is 25.1 Å². The van der Waals surface area contributed by atoms with E-state index >= 15 is 0 Å². The van der Waals surface area contributed by atoms with Crippen molar-refractivity contribution in [2.24, 2.45) is 0 Å². The van der Waals surface area contributed by atoms with Crippen LogP contribution in [-0.4, -0.2) is 60.9 Å². The number of aryl methyl sites for hydroxylation is 1. The second kappa shape index (κ2) is 9.20. The van der Waals surface area contributed by atoms with Gasteiger partial charge in [0.25, 0.3) is 0 Å². The lowest BCUT2D eigenvalue weighted by atomic mass is 9.98. The number of hydrogen-bond acceptors (Lipinski definition) is 7. The van der Waals surface area contributed by atoms with Gasteiger partial charge >= 0.3 is 0 Å². The summed E-state index contributed by atoms with van der Waals surface area (Å²) in [6.07, 6.45) is 1.74. The van der Waals surface area contributed by atoms with Crippen molar-refractivity contribution in [2.75, 3.05) is 40.6 Å². The third-order valence-electron chi connectivity index (χ3n) is 5.00. The molecule has 0 amide bonds. The number of H-pyrrole nitrogens is 1. The van der Waals surface area contributed by atoms with Crippen molar-refractivity contribution < 1.29 is 24.1 Å². The summed E-state index contributed by atoms with van der Waals surface area (Å²) in [7, 11) is 3.27. The summed E-state index contributed by atoms with van der Waals surface area (Å²) in [5, 5.41) is 19.5. The van der Waals surface area contributed by atoms with E-state index in [0.29, 0.717) is 43.6 Å². The molecule has 2 aromatic heterocycles. The second-order valence-electron chi connectivity index (χ2n) is 7.10. The van der Waals surface area contributed by atoms with Crippen molar-refractivity contribution >= 4 is 21.8 Å². The topological polar surface area (TPSA) is 98.7 Å². The molecule has 0 aliphatic rings. The number of rotatable bonds is 9. The number of hydrogen-bond donors (Lipinski definition) is 2. The second-order valence-corrected chi connectivity index (χ2v) is 7.10. The maximum Gasteiger partial charge on any atom is 0.170 e. The smallest absolute Gasteiger partial charge is 0.170 e. The Bertz CT molecular complexity index is 1190. The van der Waals surface area contributed by atoms with Gasteiger partial charge in [-0.05, 0) is 42.8 Å². The number of aromatic hydroxyl groups is 1. The van der Waals surface area contributed by atoms with Crippen LogP contribution >= 0.6 is 0 Å². The van der Waals surface area contributed by atoms with Crippen LogP contribution in [0, 0.1) is 6.92 Å². The zero-order valence-electron chi connectivity index (χ0n) is 17.8. The Hall–Kier alpha value is -3.36. The average molecular weight is 423 g/mol. The molecule has 0 spiro atoms. The van der Waals surface area contributed by atoms with E-state index in [-0.39, 0.29) is 5.75 Å². The fourth-order valence-electron chi connectivity index (χ4n) is 3.55. The standard InChI is InChI=1S/C23H25N3O5/c1-14-12-17-19(22(31-11-9-29-3)21(14)30-10-8-28-2)18-13-24-26-23(18)25-20(17)15-4-6-16(27)7-5-15/h4-7,12-13,27H,8-11H2,1-3H3,(H,24,25,26). The number of pyridine rings is 1. The van der Waals surface area contributed by atoms with Crippen molar-refractivity contribution in [1.82, 2.24) is 15.2 Å². The number of phenols is 1. The third-order valence-corrected chi connectivity index (χ3v) is 5.00. The fraction of sp³-hybridized carbons (Fsp3) is 0.304. The van der Waals surface area contributed by atoms with Crippen molar-refractivity contribution in [2.45, 2.75) is 6.92 Å². The Morgan fingerprint density at radius 3 is 2.26 bits per heavy atom. The highest BCUT2D eigenvalue weighted by Crippen LogP contribution is 2.44. The molecular formula is C23H25N3O5. The number of benzene rings is 2. The van der Waals surface area contributed by atoms with Crippen molar-refractivity contribution in [3.8, 4) is 28.5 Å². The van der Waals surface area contributed by atoms with Crippen LogP contribution in [0.4, 0.5) is 0 Å². The summed E-state index contributed by atoms with van der Waals surface area (Å²) in [5.41, 5.74) is 3.18. The maximum absolute atomic E-state index is 9.71. The summed E-state index contributed by atoms with van der Waals surface area (Å²) >= 11 is 0.